The Morgan fingerprint density at radius 1 is 1.00 bits per heavy atom. The normalized spacial score (nSPS) is 12.4. The Labute approximate surface area is 144 Å². The molecule has 1 atom stereocenters. The molecular weight excluding hydrogens is 314 g/mol. The van der Waals surface area contributed by atoms with Gasteiger partial charge in [-0.3, -0.25) is 4.57 Å². The molecule has 0 amide bonds. The van der Waals surface area contributed by atoms with E-state index < -0.39 is 6.10 Å². The zero-order valence-electron chi connectivity index (χ0n) is 13.7. The Kier molecular flexibility index (Phi) is 3.71. The highest BCUT2D eigenvalue weighted by Gasteiger charge is 2.10. The number of aliphatic hydroxyl groups excluding tert-OH is 1. The van der Waals surface area contributed by atoms with Crippen LogP contribution in [0.15, 0.2) is 67.1 Å². The third kappa shape index (κ3) is 2.75. The fraction of sp³-hybridized carbons (Fsp3) is 0.100. The molecule has 0 saturated heterocycles. The first-order valence-electron chi connectivity index (χ1n) is 8.03. The van der Waals surface area contributed by atoms with E-state index >= 15 is 0 Å². The van der Waals surface area contributed by atoms with E-state index in [0.29, 0.717) is 5.56 Å². The largest absolute Gasteiger partial charge is 0.493 e. The monoisotopic (exact) mass is 331 g/mol. The average Bonchev–Trinajstić information content (AvgIpc) is 3.05. The zero-order chi connectivity index (χ0) is 17.4. The SMILES string of the molecule is CC(O)c1ccc2c(c1)ncn2-c1cccc(-c2cccnc2O)c1. The molecule has 25 heavy (non-hydrogen) atoms. The lowest BCUT2D eigenvalue weighted by Crippen LogP contribution is -1.94. The van der Waals surface area contributed by atoms with Crippen molar-refractivity contribution in [2.24, 2.45) is 0 Å². The number of aliphatic hydroxyl groups is 1. The standard InChI is InChI=1S/C20H17N3O2/c1-13(24)14-7-8-19-18(11-14)22-12-23(19)16-5-2-4-15(10-16)17-6-3-9-21-20(17)25/h2-13,24H,1H3,(H,21,25). The van der Waals surface area contributed by atoms with Crippen LogP contribution in [0.4, 0.5) is 0 Å². The van der Waals surface area contributed by atoms with Crippen LogP contribution < -0.4 is 0 Å². The van der Waals surface area contributed by atoms with Crippen LogP contribution in [0.2, 0.25) is 0 Å². The number of hydrogen-bond donors (Lipinski definition) is 2. The molecule has 2 heterocycles. The molecule has 1 unspecified atom stereocenters. The summed E-state index contributed by atoms with van der Waals surface area (Å²) in [7, 11) is 0. The molecule has 0 radical (unpaired) electrons. The van der Waals surface area contributed by atoms with Crippen molar-refractivity contribution in [3.8, 4) is 22.7 Å². The predicted molar refractivity (Wildman–Crippen MR) is 96.6 cm³/mol. The minimum absolute atomic E-state index is 0.0108. The first-order chi connectivity index (χ1) is 12.1. The van der Waals surface area contributed by atoms with Gasteiger partial charge in [0.15, 0.2) is 0 Å². The summed E-state index contributed by atoms with van der Waals surface area (Å²) in [4.78, 5) is 8.38. The van der Waals surface area contributed by atoms with Crippen molar-refractivity contribution in [3.63, 3.8) is 0 Å². The topological polar surface area (TPSA) is 71.2 Å². The maximum atomic E-state index is 9.99. The summed E-state index contributed by atoms with van der Waals surface area (Å²) in [5.74, 6) is 0.0108. The lowest BCUT2D eigenvalue weighted by atomic mass is 10.1. The van der Waals surface area contributed by atoms with Gasteiger partial charge in [0.05, 0.1) is 17.1 Å². The molecule has 0 saturated carbocycles. The number of rotatable bonds is 3. The lowest BCUT2D eigenvalue weighted by Gasteiger charge is -2.09. The molecule has 0 aliphatic rings. The number of imidazole rings is 1. The number of nitrogens with zero attached hydrogens (tertiary/aromatic N) is 3. The van der Waals surface area contributed by atoms with Crippen molar-refractivity contribution < 1.29 is 10.2 Å². The van der Waals surface area contributed by atoms with E-state index in [1.165, 1.54) is 0 Å². The highest BCUT2D eigenvalue weighted by molar-refractivity contribution is 5.79. The summed E-state index contributed by atoms with van der Waals surface area (Å²) in [5, 5.41) is 19.7. The Morgan fingerprint density at radius 3 is 2.68 bits per heavy atom. The Morgan fingerprint density at radius 2 is 1.88 bits per heavy atom. The fourth-order valence-electron chi connectivity index (χ4n) is 2.94. The molecule has 5 nitrogen and oxygen atoms in total. The second kappa shape index (κ2) is 6.03. The molecule has 0 aliphatic heterocycles. The molecule has 0 aliphatic carbocycles. The van der Waals surface area contributed by atoms with E-state index in [1.54, 1.807) is 25.5 Å². The summed E-state index contributed by atoms with van der Waals surface area (Å²) < 4.78 is 1.98. The van der Waals surface area contributed by atoms with Gasteiger partial charge < -0.3 is 10.2 Å². The Hall–Kier alpha value is -3.18. The van der Waals surface area contributed by atoms with Crippen molar-refractivity contribution in [2.75, 3.05) is 0 Å². The molecule has 2 aromatic carbocycles. The number of aromatic nitrogens is 3. The van der Waals surface area contributed by atoms with E-state index in [2.05, 4.69) is 9.97 Å². The number of fused-ring (bicyclic) bond motifs is 1. The Bertz CT molecular complexity index is 1050. The summed E-state index contributed by atoms with van der Waals surface area (Å²) in [6.45, 7) is 1.74. The minimum atomic E-state index is -0.522. The van der Waals surface area contributed by atoms with Gasteiger partial charge in [-0.25, -0.2) is 9.97 Å². The highest BCUT2D eigenvalue weighted by Crippen LogP contribution is 2.29. The van der Waals surface area contributed by atoms with Crippen LogP contribution >= 0.6 is 0 Å². The van der Waals surface area contributed by atoms with Gasteiger partial charge in [-0.15, -0.1) is 0 Å². The Balaban J connectivity index is 1.82. The van der Waals surface area contributed by atoms with Gasteiger partial charge in [0, 0.05) is 17.4 Å². The van der Waals surface area contributed by atoms with E-state index in [-0.39, 0.29) is 5.88 Å². The first-order valence-corrected chi connectivity index (χ1v) is 8.03. The molecule has 2 N–H and O–H groups in total. The minimum Gasteiger partial charge on any atom is -0.493 e. The maximum Gasteiger partial charge on any atom is 0.218 e. The molecule has 4 rings (SSSR count). The van der Waals surface area contributed by atoms with Crippen LogP contribution in [0.1, 0.15) is 18.6 Å². The molecule has 0 bridgehead atoms. The third-order valence-corrected chi connectivity index (χ3v) is 4.28. The van der Waals surface area contributed by atoms with Crippen LogP contribution in [0, 0.1) is 0 Å². The van der Waals surface area contributed by atoms with Gasteiger partial charge in [-0.2, -0.15) is 0 Å². The van der Waals surface area contributed by atoms with Crippen molar-refractivity contribution in [2.45, 2.75) is 13.0 Å². The quantitative estimate of drug-likeness (QED) is 0.598. The average molecular weight is 331 g/mol. The summed E-state index contributed by atoms with van der Waals surface area (Å²) >= 11 is 0. The van der Waals surface area contributed by atoms with Crippen molar-refractivity contribution in [1.82, 2.24) is 14.5 Å². The van der Waals surface area contributed by atoms with Crippen molar-refractivity contribution >= 4 is 11.0 Å². The molecule has 124 valence electrons. The second-order valence-corrected chi connectivity index (χ2v) is 5.96. The smallest absolute Gasteiger partial charge is 0.218 e. The molecule has 2 aromatic heterocycles. The van der Waals surface area contributed by atoms with Crippen LogP contribution in [0.25, 0.3) is 27.8 Å². The molecule has 4 aromatic rings. The van der Waals surface area contributed by atoms with Gasteiger partial charge in [-0.1, -0.05) is 18.2 Å². The second-order valence-electron chi connectivity index (χ2n) is 5.96. The van der Waals surface area contributed by atoms with Crippen molar-refractivity contribution in [3.05, 3.63) is 72.7 Å². The first kappa shape index (κ1) is 15.4. The van der Waals surface area contributed by atoms with Gasteiger partial charge in [0.25, 0.3) is 0 Å². The van der Waals surface area contributed by atoms with Crippen molar-refractivity contribution in [1.29, 1.82) is 0 Å². The summed E-state index contributed by atoms with van der Waals surface area (Å²) in [6.07, 6.45) is 2.80. The molecular formula is C20H17N3O2. The van der Waals surface area contributed by atoms with Crippen LogP contribution in [0.3, 0.4) is 0 Å². The summed E-state index contributed by atoms with van der Waals surface area (Å²) in [5.41, 5.74) is 5.13. The number of aromatic hydroxyl groups is 1. The van der Waals surface area contributed by atoms with Gasteiger partial charge >= 0.3 is 0 Å². The predicted octanol–water partition coefficient (Wildman–Crippen LogP) is 3.85. The highest BCUT2D eigenvalue weighted by atomic mass is 16.3. The molecule has 0 spiro atoms. The van der Waals surface area contributed by atoms with Gasteiger partial charge in [0.1, 0.15) is 6.33 Å². The molecule has 5 heteroatoms. The lowest BCUT2D eigenvalue weighted by molar-refractivity contribution is 0.199. The maximum absolute atomic E-state index is 9.99. The van der Waals surface area contributed by atoms with Gasteiger partial charge in [-0.05, 0) is 54.4 Å². The zero-order valence-corrected chi connectivity index (χ0v) is 13.7. The number of pyridine rings is 1. The van der Waals surface area contributed by atoms with Crippen LogP contribution in [0.5, 0.6) is 5.88 Å². The van der Waals surface area contributed by atoms with E-state index in [1.807, 2.05) is 53.1 Å². The fourth-order valence-corrected chi connectivity index (χ4v) is 2.94. The number of hydrogen-bond acceptors (Lipinski definition) is 4. The van der Waals surface area contributed by atoms with E-state index in [0.717, 1.165) is 27.8 Å². The van der Waals surface area contributed by atoms with Gasteiger partial charge in [0.2, 0.25) is 5.88 Å². The van der Waals surface area contributed by atoms with E-state index in [4.69, 9.17) is 0 Å². The number of benzene rings is 2. The third-order valence-electron chi connectivity index (χ3n) is 4.28. The van der Waals surface area contributed by atoms with E-state index in [9.17, 15) is 10.2 Å². The molecule has 0 fully saturated rings. The summed E-state index contributed by atoms with van der Waals surface area (Å²) in [6, 6.07) is 17.2. The van der Waals surface area contributed by atoms with Crippen LogP contribution in [-0.2, 0) is 0 Å². The van der Waals surface area contributed by atoms with Crippen LogP contribution in [-0.4, -0.2) is 24.7 Å².